The molecule has 0 nitrogen and oxygen atoms in total. The summed E-state index contributed by atoms with van der Waals surface area (Å²) in [5.74, 6) is 0. The Labute approximate surface area is 137 Å². The molecule has 0 aliphatic carbocycles. The van der Waals surface area contributed by atoms with Gasteiger partial charge in [-0.3, -0.25) is 0 Å². The van der Waals surface area contributed by atoms with E-state index in [0.717, 1.165) is 0 Å². The van der Waals surface area contributed by atoms with E-state index < -0.39 is 18.4 Å². The first-order chi connectivity index (χ1) is 10.8. The van der Waals surface area contributed by atoms with Crippen molar-refractivity contribution in [2.75, 3.05) is 0 Å². The van der Waals surface area contributed by atoms with Gasteiger partial charge < -0.3 is 0 Å². The van der Waals surface area contributed by atoms with Crippen LogP contribution in [0.2, 0.25) is 3.93 Å². The van der Waals surface area contributed by atoms with Gasteiger partial charge in [-0.15, -0.1) is 0 Å². The summed E-state index contributed by atoms with van der Waals surface area (Å²) in [5, 5.41) is 0. The molecule has 0 atom stereocenters. The molecule has 0 unspecified atom stereocenters. The minimum absolute atomic E-state index is 0.654. The summed E-state index contributed by atoms with van der Waals surface area (Å²) in [4.78, 5) is 0. The molecule has 0 aliphatic heterocycles. The molecule has 0 aromatic heterocycles. The average molecular weight is 393 g/mol. The molecule has 0 radical (unpaired) electrons. The number of benzene rings is 3. The number of rotatable bonds is 4. The van der Waals surface area contributed by atoms with Crippen LogP contribution in [0, 0.1) is 0 Å². The van der Waals surface area contributed by atoms with Crippen LogP contribution in [-0.4, -0.2) is 18.4 Å². The van der Waals surface area contributed by atoms with Gasteiger partial charge in [0, 0.05) is 0 Å². The van der Waals surface area contributed by atoms with Gasteiger partial charge in [0.25, 0.3) is 0 Å². The Balaban J connectivity index is 2.34. The molecule has 3 aromatic carbocycles. The van der Waals surface area contributed by atoms with E-state index in [4.69, 9.17) is 0 Å². The van der Waals surface area contributed by atoms with Crippen molar-refractivity contribution in [3.63, 3.8) is 0 Å². The van der Waals surface area contributed by atoms with Crippen molar-refractivity contribution in [2.45, 2.75) is 17.8 Å². The van der Waals surface area contributed by atoms with Crippen molar-refractivity contribution in [1.29, 1.82) is 0 Å². The second kappa shape index (κ2) is 6.70. The average Bonchev–Trinajstić information content (AvgIpc) is 2.58. The molecule has 0 saturated carbocycles. The van der Waals surface area contributed by atoms with Crippen molar-refractivity contribution < 1.29 is 0 Å². The third kappa shape index (κ3) is 2.61. The van der Waals surface area contributed by atoms with Gasteiger partial charge in [-0.1, -0.05) is 0 Å². The van der Waals surface area contributed by atoms with Gasteiger partial charge in [0.15, 0.2) is 0 Å². The Kier molecular flexibility index (Phi) is 4.68. The fourth-order valence-electron chi connectivity index (χ4n) is 3.60. The summed E-state index contributed by atoms with van der Waals surface area (Å²) in [5.41, 5.74) is 0. The fraction of sp³-hybridized carbons (Fsp3) is 0.143. The molecular weight excluding hydrogens is 371 g/mol. The summed E-state index contributed by atoms with van der Waals surface area (Å²) in [7, 11) is 0. The molecule has 0 fully saturated rings. The minimum atomic E-state index is -2.96. The van der Waals surface area contributed by atoms with E-state index in [0.29, 0.717) is 3.93 Å². The molecule has 22 heavy (non-hydrogen) atoms. The SMILES string of the molecule is C[CH](C)[Sn]([c]1ccccc1)([c]1ccccc1)[c]1ccccc1. The van der Waals surface area contributed by atoms with Crippen LogP contribution in [0.4, 0.5) is 0 Å². The van der Waals surface area contributed by atoms with Crippen molar-refractivity contribution in [2.24, 2.45) is 0 Å². The zero-order valence-electron chi connectivity index (χ0n) is 13.2. The van der Waals surface area contributed by atoms with Crippen LogP contribution >= 0.6 is 0 Å². The number of hydrogen-bond donors (Lipinski definition) is 0. The van der Waals surface area contributed by atoms with E-state index in [9.17, 15) is 0 Å². The van der Waals surface area contributed by atoms with Crippen LogP contribution in [-0.2, 0) is 0 Å². The first kappa shape index (κ1) is 15.4. The van der Waals surface area contributed by atoms with Gasteiger partial charge in [0.2, 0.25) is 0 Å². The first-order valence-corrected chi connectivity index (χ1v) is 13.9. The fourth-order valence-corrected chi connectivity index (χ4v) is 18.3. The second-order valence-corrected chi connectivity index (χ2v) is 18.9. The molecule has 1 heteroatoms. The summed E-state index contributed by atoms with van der Waals surface area (Å²) in [6.45, 7) is 4.81. The quantitative estimate of drug-likeness (QED) is 0.595. The molecule has 3 aromatic rings. The van der Waals surface area contributed by atoms with Crippen molar-refractivity contribution in [1.82, 2.24) is 0 Å². The van der Waals surface area contributed by atoms with Gasteiger partial charge >= 0.3 is 138 Å². The molecule has 0 saturated heterocycles. The molecular formula is C21H22Sn. The van der Waals surface area contributed by atoms with Crippen LogP contribution in [0.1, 0.15) is 13.8 Å². The summed E-state index contributed by atoms with van der Waals surface area (Å²) in [6.07, 6.45) is 0. The summed E-state index contributed by atoms with van der Waals surface area (Å²) >= 11 is -2.96. The Morgan fingerprint density at radius 3 is 1.00 bits per heavy atom. The standard InChI is InChI=1S/3C6H5.C3H7.Sn/c3*1-2-4-6-5-3-1;1-3-2;/h3*1-5H;3H,1-2H3;. The van der Waals surface area contributed by atoms with Crippen LogP contribution in [0.25, 0.3) is 0 Å². The van der Waals surface area contributed by atoms with E-state index >= 15 is 0 Å². The molecule has 3 rings (SSSR count). The molecule has 0 N–H and O–H groups in total. The second-order valence-electron chi connectivity index (χ2n) is 6.06. The maximum absolute atomic E-state index is 2.96. The predicted octanol–water partition coefficient (Wildman–Crippen LogP) is 3.57. The third-order valence-electron chi connectivity index (χ3n) is 4.55. The van der Waals surface area contributed by atoms with Gasteiger partial charge in [0.1, 0.15) is 0 Å². The molecule has 110 valence electrons. The zero-order chi connectivity index (χ0) is 15.4. The molecule has 0 heterocycles. The van der Waals surface area contributed by atoms with Crippen molar-refractivity contribution >= 4 is 29.1 Å². The van der Waals surface area contributed by atoms with E-state index in [2.05, 4.69) is 105 Å². The van der Waals surface area contributed by atoms with Crippen LogP contribution in [0.15, 0.2) is 91.0 Å². The van der Waals surface area contributed by atoms with E-state index in [1.54, 1.807) is 10.7 Å². The normalized spacial score (nSPS) is 11.6. The topological polar surface area (TPSA) is 0 Å². The maximum atomic E-state index is 2.41. The molecule has 0 amide bonds. The van der Waals surface area contributed by atoms with Gasteiger partial charge in [0.05, 0.1) is 0 Å². The predicted molar refractivity (Wildman–Crippen MR) is 99.1 cm³/mol. The van der Waals surface area contributed by atoms with Gasteiger partial charge in [-0.25, -0.2) is 0 Å². The summed E-state index contributed by atoms with van der Waals surface area (Å²) in [6, 6.07) is 33.6. The Morgan fingerprint density at radius 2 is 0.773 bits per heavy atom. The first-order valence-electron chi connectivity index (χ1n) is 7.93. The van der Waals surface area contributed by atoms with E-state index in [1.807, 2.05) is 0 Å². The van der Waals surface area contributed by atoms with E-state index in [1.165, 1.54) is 0 Å². The third-order valence-corrected chi connectivity index (χ3v) is 20.1. The monoisotopic (exact) mass is 394 g/mol. The van der Waals surface area contributed by atoms with Crippen LogP contribution in [0.5, 0.6) is 0 Å². The molecule has 0 aliphatic rings. The van der Waals surface area contributed by atoms with Crippen LogP contribution in [0.3, 0.4) is 0 Å². The van der Waals surface area contributed by atoms with Crippen molar-refractivity contribution in [3.8, 4) is 0 Å². The molecule has 0 bridgehead atoms. The Hall–Kier alpha value is -1.54. The van der Waals surface area contributed by atoms with Gasteiger partial charge in [-0.05, 0) is 0 Å². The Morgan fingerprint density at radius 1 is 0.500 bits per heavy atom. The molecule has 0 spiro atoms. The van der Waals surface area contributed by atoms with Gasteiger partial charge in [-0.2, -0.15) is 0 Å². The Bertz CT molecular complexity index is 606. The van der Waals surface area contributed by atoms with Crippen LogP contribution < -0.4 is 10.7 Å². The van der Waals surface area contributed by atoms with E-state index in [-0.39, 0.29) is 0 Å². The zero-order valence-corrected chi connectivity index (χ0v) is 16.1. The van der Waals surface area contributed by atoms with Crippen molar-refractivity contribution in [3.05, 3.63) is 91.0 Å². The summed E-state index contributed by atoms with van der Waals surface area (Å²) < 4.78 is 5.33. The number of hydrogen-bond acceptors (Lipinski definition) is 0.